The molecule has 2 bridgehead atoms. The molecule has 2 aliphatic rings. The van der Waals surface area contributed by atoms with Crippen molar-refractivity contribution < 1.29 is 4.79 Å². The molecule has 2 fully saturated rings. The molecule has 2 amide bonds. The quantitative estimate of drug-likeness (QED) is 0.921. The first kappa shape index (κ1) is 15.2. The van der Waals surface area contributed by atoms with Crippen LogP contribution in [0.15, 0.2) is 30.6 Å². The first-order valence-electron chi connectivity index (χ1n) is 8.64. The van der Waals surface area contributed by atoms with E-state index in [-0.39, 0.29) is 18.1 Å². The summed E-state index contributed by atoms with van der Waals surface area (Å²) >= 11 is 0. The molecule has 4 rings (SSSR count). The van der Waals surface area contributed by atoms with Crippen molar-refractivity contribution in [1.29, 1.82) is 0 Å². The van der Waals surface area contributed by atoms with Crippen molar-refractivity contribution in [2.75, 3.05) is 5.32 Å². The highest BCUT2D eigenvalue weighted by Gasteiger charge is 2.44. The number of fused-ring (bicyclic) bond motifs is 2. The van der Waals surface area contributed by atoms with Gasteiger partial charge in [0, 0.05) is 17.8 Å². The minimum Gasteiger partial charge on any atom is -0.318 e. The maximum absolute atomic E-state index is 12.8. The maximum Gasteiger partial charge on any atom is 0.322 e. The molecule has 0 spiro atoms. The minimum atomic E-state index is 0.0256. The third-order valence-electron chi connectivity index (χ3n) is 5.46. The number of nitrogens with zero attached hydrogens (tertiary/aromatic N) is 4. The standard InChI is InChI=1S/C18H23N5O/c1-12-3-4-14(9-13(12)2)21-18(24)22-15-5-6-16(22)11-17(10-15)23-19-7-8-20-23/h3-4,7-9,15-17H,5-6,10-11H2,1-2H3,(H,21,24). The van der Waals surface area contributed by atoms with Gasteiger partial charge >= 0.3 is 6.03 Å². The van der Waals surface area contributed by atoms with Crippen molar-refractivity contribution in [1.82, 2.24) is 19.9 Å². The van der Waals surface area contributed by atoms with E-state index in [0.717, 1.165) is 31.4 Å². The number of urea groups is 1. The number of rotatable bonds is 2. The van der Waals surface area contributed by atoms with Gasteiger partial charge in [0.05, 0.1) is 18.4 Å². The molecule has 6 heteroatoms. The number of hydrogen-bond donors (Lipinski definition) is 1. The first-order chi connectivity index (χ1) is 11.6. The number of piperidine rings is 1. The summed E-state index contributed by atoms with van der Waals surface area (Å²) in [7, 11) is 0. The number of aromatic nitrogens is 3. The zero-order valence-corrected chi connectivity index (χ0v) is 14.1. The van der Waals surface area contributed by atoms with Crippen LogP contribution >= 0.6 is 0 Å². The average Bonchev–Trinajstić information content (AvgIpc) is 3.18. The van der Waals surface area contributed by atoms with Crippen LogP contribution in [-0.4, -0.2) is 38.0 Å². The molecule has 1 N–H and O–H groups in total. The minimum absolute atomic E-state index is 0.0256. The molecule has 2 aromatic rings. The van der Waals surface area contributed by atoms with Crippen LogP contribution in [0.2, 0.25) is 0 Å². The van der Waals surface area contributed by atoms with E-state index in [0.29, 0.717) is 6.04 Å². The Balaban J connectivity index is 1.47. The van der Waals surface area contributed by atoms with Gasteiger partial charge in [-0.05, 0) is 62.8 Å². The Kier molecular flexibility index (Phi) is 3.75. The first-order valence-corrected chi connectivity index (χ1v) is 8.64. The second kappa shape index (κ2) is 5.92. The van der Waals surface area contributed by atoms with Gasteiger partial charge in [0.1, 0.15) is 0 Å². The monoisotopic (exact) mass is 325 g/mol. The number of nitrogens with one attached hydrogen (secondary N) is 1. The fraction of sp³-hybridized carbons (Fsp3) is 0.500. The number of anilines is 1. The lowest BCUT2D eigenvalue weighted by Gasteiger charge is -2.38. The van der Waals surface area contributed by atoms with Gasteiger partial charge < -0.3 is 10.2 Å². The van der Waals surface area contributed by atoms with Gasteiger partial charge in [0.25, 0.3) is 0 Å². The van der Waals surface area contributed by atoms with Crippen LogP contribution in [0, 0.1) is 13.8 Å². The molecule has 1 aromatic carbocycles. The molecule has 0 saturated carbocycles. The molecule has 3 heterocycles. The third-order valence-corrected chi connectivity index (χ3v) is 5.46. The summed E-state index contributed by atoms with van der Waals surface area (Å²) in [5.41, 5.74) is 3.30. The van der Waals surface area contributed by atoms with E-state index in [4.69, 9.17) is 0 Å². The Morgan fingerprint density at radius 2 is 1.71 bits per heavy atom. The van der Waals surface area contributed by atoms with Crippen molar-refractivity contribution in [2.24, 2.45) is 0 Å². The Morgan fingerprint density at radius 1 is 1.04 bits per heavy atom. The Labute approximate surface area is 141 Å². The van der Waals surface area contributed by atoms with Gasteiger partial charge in [-0.15, -0.1) is 0 Å². The van der Waals surface area contributed by atoms with Gasteiger partial charge in [0.2, 0.25) is 0 Å². The van der Waals surface area contributed by atoms with Crippen molar-refractivity contribution in [3.05, 3.63) is 41.7 Å². The second-order valence-corrected chi connectivity index (χ2v) is 7.00. The lowest BCUT2D eigenvalue weighted by atomic mass is 9.98. The number of aryl methyl sites for hydroxylation is 2. The lowest BCUT2D eigenvalue weighted by Crippen LogP contribution is -2.49. The van der Waals surface area contributed by atoms with E-state index in [9.17, 15) is 4.79 Å². The number of carbonyl (C=O) groups excluding carboxylic acids is 1. The molecule has 6 nitrogen and oxygen atoms in total. The fourth-order valence-corrected chi connectivity index (χ4v) is 4.09. The molecule has 24 heavy (non-hydrogen) atoms. The average molecular weight is 325 g/mol. The number of carbonyl (C=O) groups is 1. The molecule has 0 aliphatic carbocycles. The van der Waals surface area contributed by atoms with Gasteiger partial charge in [-0.1, -0.05) is 6.07 Å². The summed E-state index contributed by atoms with van der Waals surface area (Å²) in [4.78, 5) is 16.7. The highest BCUT2D eigenvalue weighted by atomic mass is 16.2. The van der Waals surface area contributed by atoms with Crippen LogP contribution in [0.4, 0.5) is 10.5 Å². The summed E-state index contributed by atoms with van der Waals surface area (Å²) in [6, 6.07) is 6.96. The van der Waals surface area contributed by atoms with E-state index >= 15 is 0 Å². The topological polar surface area (TPSA) is 63.1 Å². The van der Waals surface area contributed by atoms with Crippen molar-refractivity contribution >= 4 is 11.7 Å². The van der Waals surface area contributed by atoms with Crippen LogP contribution < -0.4 is 5.32 Å². The number of hydrogen-bond acceptors (Lipinski definition) is 3. The maximum atomic E-state index is 12.8. The van der Waals surface area contributed by atoms with Gasteiger partial charge in [-0.2, -0.15) is 15.0 Å². The highest BCUT2D eigenvalue weighted by molar-refractivity contribution is 5.90. The third kappa shape index (κ3) is 2.66. The van der Waals surface area contributed by atoms with Gasteiger partial charge in [0.15, 0.2) is 0 Å². The SMILES string of the molecule is Cc1ccc(NC(=O)N2C3CCC2CC(n2nccn2)C3)cc1C. The summed E-state index contributed by atoms with van der Waals surface area (Å²) in [6.45, 7) is 4.15. The molecule has 126 valence electrons. The Bertz CT molecular complexity index is 728. The van der Waals surface area contributed by atoms with Gasteiger partial charge in [-0.3, -0.25) is 0 Å². The summed E-state index contributed by atoms with van der Waals surface area (Å²) < 4.78 is 0. The number of amides is 2. The summed E-state index contributed by atoms with van der Waals surface area (Å²) in [5, 5.41) is 11.6. The predicted molar refractivity (Wildman–Crippen MR) is 91.9 cm³/mol. The lowest BCUT2D eigenvalue weighted by molar-refractivity contribution is 0.124. The predicted octanol–water partition coefficient (Wildman–Crippen LogP) is 3.29. The highest BCUT2D eigenvalue weighted by Crippen LogP contribution is 2.40. The van der Waals surface area contributed by atoms with Gasteiger partial charge in [-0.25, -0.2) is 4.79 Å². The largest absolute Gasteiger partial charge is 0.322 e. The van der Waals surface area contributed by atoms with Crippen molar-refractivity contribution in [2.45, 2.75) is 57.7 Å². The normalized spacial score (nSPS) is 25.8. The molecular weight excluding hydrogens is 302 g/mol. The summed E-state index contributed by atoms with van der Waals surface area (Å²) in [6.07, 6.45) is 7.46. The molecular formula is C18H23N5O. The van der Waals surface area contributed by atoms with Crippen LogP contribution in [0.3, 0.4) is 0 Å². The smallest absolute Gasteiger partial charge is 0.318 e. The molecule has 0 radical (unpaired) electrons. The molecule has 2 unspecified atom stereocenters. The van der Waals surface area contributed by atoms with E-state index in [1.807, 2.05) is 16.9 Å². The number of benzene rings is 1. The zero-order valence-electron chi connectivity index (χ0n) is 14.1. The van der Waals surface area contributed by atoms with Crippen LogP contribution in [0.25, 0.3) is 0 Å². The second-order valence-electron chi connectivity index (χ2n) is 7.00. The zero-order chi connectivity index (χ0) is 16.7. The fourth-order valence-electron chi connectivity index (χ4n) is 4.09. The molecule has 2 atom stereocenters. The Hall–Kier alpha value is -2.37. The van der Waals surface area contributed by atoms with Crippen LogP contribution in [0.5, 0.6) is 0 Å². The van der Waals surface area contributed by atoms with E-state index in [2.05, 4.69) is 40.3 Å². The molecule has 2 saturated heterocycles. The van der Waals surface area contributed by atoms with E-state index in [1.165, 1.54) is 11.1 Å². The Morgan fingerprint density at radius 3 is 2.33 bits per heavy atom. The van der Waals surface area contributed by atoms with Crippen molar-refractivity contribution in [3.8, 4) is 0 Å². The summed E-state index contributed by atoms with van der Waals surface area (Å²) in [5.74, 6) is 0. The van der Waals surface area contributed by atoms with E-state index < -0.39 is 0 Å². The molecule has 1 aromatic heterocycles. The van der Waals surface area contributed by atoms with Crippen molar-refractivity contribution in [3.63, 3.8) is 0 Å². The van der Waals surface area contributed by atoms with E-state index in [1.54, 1.807) is 12.4 Å². The van der Waals surface area contributed by atoms with Crippen LogP contribution in [0.1, 0.15) is 42.9 Å². The van der Waals surface area contributed by atoms with Crippen LogP contribution in [-0.2, 0) is 0 Å². The molecule has 2 aliphatic heterocycles.